The molecule has 2 heterocycles. The first-order valence-electron chi connectivity index (χ1n) is 28.5. The van der Waals surface area contributed by atoms with Gasteiger partial charge in [0, 0.05) is 51.7 Å². The van der Waals surface area contributed by atoms with E-state index in [1.54, 1.807) is 7.11 Å². The summed E-state index contributed by atoms with van der Waals surface area (Å²) in [4.78, 5) is 77.9. The lowest BCUT2D eigenvalue weighted by Gasteiger charge is -2.39. The van der Waals surface area contributed by atoms with Gasteiger partial charge in [-0.15, -0.1) is 0 Å². The van der Waals surface area contributed by atoms with Crippen molar-refractivity contribution in [3.8, 4) is 5.75 Å². The van der Waals surface area contributed by atoms with Gasteiger partial charge >= 0.3 is 0 Å². The summed E-state index contributed by atoms with van der Waals surface area (Å²) >= 11 is 0. The van der Waals surface area contributed by atoms with E-state index in [-0.39, 0.29) is 62.9 Å². The standard InChI is InChI=1S/C55H91N6O24/c1-40-6-7-44(84-55-52(69)51(68)50(67)45(39-62)85-55)42(37-40)59-47(64)10-13-58-53(70)41(60-54(71)43(38-56)61-48(65)8-9-49(61)66)5-3-4-12-57-46(63)11-14-73-17-18-75-21-22-77-25-26-79-29-30-81-33-34-83-36-35-82-32-31-80-28-27-78-24-23-76-20-19-74-16-15-72-2/h6-9,37,41,43,45,50-52,55,62,67-69H,1,3-5,10-36,38-39,56H2,2H3,(H,57,63)(H,58,70)(H,59,64)(H,60,71)/t41-,43-,45+,50+,51-,52-,55-/m0/s1. The number of nitrogens with one attached hydrogen (secondary N) is 4. The summed E-state index contributed by atoms with van der Waals surface area (Å²) in [6, 6.07) is 1.79. The molecule has 1 aromatic carbocycles. The molecule has 0 unspecified atom stereocenters. The molecule has 85 heavy (non-hydrogen) atoms. The molecule has 0 bridgehead atoms. The fourth-order valence-electron chi connectivity index (χ4n) is 7.69. The number of ether oxygens (including phenoxy) is 14. The van der Waals surface area contributed by atoms with Crippen molar-refractivity contribution in [2.75, 3.05) is 191 Å². The van der Waals surface area contributed by atoms with Crippen LogP contribution in [0.25, 0.3) is 0 Å². The summed E-state index contributed by atoms with van der Waals surface area (Å²) in [6.07, 6.45) is -5.23. The topological polar surface area (TPSA) is 390 Å². The van der Waals surface area contributed by atoms with Crippen LogP contribution in [0, 0.1) is 6.92 Å². The molecule has 6 amide bonds. The van der Waals surface area contributed by atoms with Crippen LogP contribution in [0.15, 0.2) is 30.4 Å². The third kappa shape index (κ3) is 32.6. The van der Waals surface area contributed by atoms with Crippen molar-refractivity contribution in [2.24, 2.45) is 5.73 Å². The largest absolute Gasteiger partial charge is 0.460 e. The molecule has 3 rings (SSSR count). The van der Waals surface area contributed by atoms with Crippen LogP contribution in [0.3, 0.4) is 0 Å². The quantitative estimate of drug-likeness (QED) is 0.0228. The van der Waals surface area contributed by atoms with Gasteiger partial charge < -0.3 is 114 Å². The highest BCUT2D eigenvalue weighted by atomic mass is 16.7. The van der Waals surface area contributed by atoms with E-state index in [0.717, 1.165) is 12.2 Å². The molecule has 30 heteroatoms. The van der Waals surface area contributed by atoms with Crippen LogP contribution < -0.4 is 31.7 Å². The lowest BCUT2D eigenvalue weighted by atomic mass is 9.99. The molecule has 485 valence electrons. The molecule has 1 saturated heterocycles. The molecular formula is C55H91N6O24. The third-order valence-corrected chi connectivity index (χ3v) is 12.2. The van der Waals surface area contributed by atoms with Crippen molar-refractivity contribution in [3.05, 3.63) is 42.8 Å². The maximum atomic E-state index is 13.5. The summed E-state index contributed by atoms with van der Waals surface area (Å²) in [5.74, 6) is -3.91. The number of nitrogens with two attached hydrogens (primary N) is 1. The van der Waals surface area contributed by atoms with Crippen molar-refractivity contribution in [1.82, 2.24) is 20.9 Å². The summed E-state index contributed by atoms with van der Waals surface area (Å²) < 4.78 is 76.2. The van der Waals surface area contributed by atoms with E-state index < -0.39 is 85.5 Å². The van der Waals surface area contributed by atoms with Gasteiger partial charge in [0.2, 0.25) is 29.9 Å². The average Bonchev–Trinajstić information content (AvgIpc) is 4.10. The molecule has 2 aliphatic heterocycles. The average molecular weight is 1220 g/mol. The fourth-order valence-corrected chi connectivity index (χ4v) is 7.69. The van der Waals surface area contributed by atoms with Crippen LogP contribution in [0.1, 0.15) is 37.7 Å². The zero-order valence-corrected chi connectivity index (χ0v) is 48.7. The molecule has 2 aliphatic rings. The lowest BCUT2D eigenvalue weighted by Crippen LogP contribution is -2.60. The summed E-state index contributed by atoms with van der Waals surface area (Å²) in [7, 11) is 1.63. The van der Waals surface area contributed by atoms with Gasteiger partial charge in [-0.3, -0.25) is 33.7 Å². The van der Waals surface area contributed by atoms with E-state index in [2.05, 4.69) is 28.2 Å². The van der Waals surface area contributed by atoms with Crippen molar-refractivity contribution < 1.29 is 116 Å². The Hall–Kier alpha value is -4.94. The second kappa shape index (κ2) is 47.2. The molecule has 0 spiro atoms. The smallest absolute Gasteiger partial charge is 0.254 e. The summed E-state index contributed by atoms with van der Waals surface area (Å²) in [5, 5.41) is 50.9. The molecule has 1 radical (unpaired) electrons. The van der Waals surface area contributed by atoms with Gasteiger partial charge in [0.1, 0.15) is 42.2 Å². The fraction of sp³-hybridized carbons (Fsp3) is 0.727. The molecular weight excluding hydrogens is 1130 g/mol. The first kappa shape index (κ1) is 74.3. The highest BCUT2D eigenvalue weighted by Crippen LogP contribution is 2.30. The van der Waals surface area contributed by atoms with E-state index >= 15 is 0 Å². The number of methoxy groups -OCH3 is 1. The number of nitrogens with zero attached hydrogens (tertiary/aromatic N) is 1. The molecule has 0 aromatic heterocycles. The Morgan fingerprint density at radius 3 is 1.53 bits per heavy atom. The Labute approximate surface area is 496 Å². The number of benzene rings is 1. The van der Waals surface area contributed by atoms with Gasteiger partial charge in [0.25, 0.3) is 11.8 Å². The van der Waals surface area contributed by atoms with Crippen LogP contribution >= 0.6 is 0 Å². The Kier molecular flexibility index (Phi) is 41.2. The summed E-state index contributed by atoms with van der Waals surface area (Å²) in [5.41, 5.74) is 6.35. The van der Waals surface area contributed by atoms with Crippen LogP contribution in [0.5, 0.6) is 5.75 Å². The summed E-state index contributed by atoms with van der Waals surface area (Å²) in [6.45, 7) is 12.7. The van der Waals surface area contributed by atoms with Crippen molar-refractivity contribution in [1.29, 1.82) is 0 Å². The highest BCUT2D eigenvalue weighted by molar-refractivity contribution is 6.15. The molecule has 10 N–H and O–H groups in total. The van der Waals surface area contributed by atoms with Gasteiger partial charge in [-0.05, 0) is 43.9 Å². The zero-order valence-electron chi connectivity index (χ0n) is 48.7. The SMILES string of the molecule is [CH2]c1ccc(O[C@H]2O[C@H](CO)[C@@H](O)[C@H](O)[C@@H]2O)c(NC(=O)CCNC(=O)[C@H](CCCCNC(=O)CCOCCOCCOCCOCCOCCOCCOCCOCCOCCOCCOCCOC)NC(=O)[C@H](CN)N2C(=O)C=CC2=O)c1. The predicted molar refractivity (Wildman–Crippen MR) is 300 cm³/mol. The van der Waals surface area contributed by atoms with Crippen molar-refractivity contribution in [2.45, 2.75) is 74.9 Å². The minimum absolute atomic E-state index is 0.00893. The highest BCUT2D eigenvalue weighted by Gasteiger charge is 2.45. The van der Waals surface area contributed by atoms with E-state index in [1.807, 2.05) is 0 Å². The number of hydrogen-bond acceptors (Lipinski definition) is 25. The van der Waals surface area contributed by atoms with Gasteiger partial charge in [-0.1, -0.05) is 6.07 Å². The van der Waals surface area contributed by atoms with E-state index in [4.69, 9.17) is 72.0 Å². The molecule has 0 aliphatic carbocycles. The zero-order chi connectivity index (χ0) is 61.7. The van der Waals surface area contributed by atoms with E-state index in [0.29, 0.717) is 162 Å². The number of aliphatic hydroxyl groups excluding tert-OH is 4. The Bertz CT molecular complexity index is 2030. The number of amides is 6. The first-order chi connectivity index (χ1) is 41.3. The maximum Gasteiger partial charge on any atom is 0.254 e. The van der Waals surface area contributed by atoms with Crippen LogP contribution in [0.2, 0.25) is 0 Å². The second-order valence-electron chi connectivity index (χ2n) is 18.8. The Balaban J connectivity index is 1.19. The third-order valence-electron chi connectivity index (χ3n) is 12.2. The van der Waals surface area contributed by atoms with Crippen LogP contribution in [0.4, 0.5) is 5.69 Å². The van der Waals surface area contributed by atoms with E-state index in [9.17, 15) is 49.2 Å². The number of unbranched alkanes of at least 4 members (excludes halogenated alkanes) is 1. The van der Waals surface area contributed by atoms with Crippen LogP contribution in [-0.2, 0) is 90.3 Å². The second-order valence-corrected chi connectivity index (χ2v) is 18.8. The molecule has 0 saturated carbocycles. The van der Waals surface area contributed by atoms with Crippen molar-refractivity contribution >= 4 is 41.1 Å². The number of imide groups is 1. The molecule has 7 atom stereocenters. The Morgan fingerprint density at radius 2 is 1.07 bits per heavy atom. The molecule has 1 aromatic rings. The number of carbonyl (C=O) groups is 6. The molecule has 30 nitrogen and oxygen atoms in total. The number of rotatable bonds is 53. The monoisotopic (exact) mass is 1220 g/mol. The molecule has 1 fully saturated rings. The first-order valence-corrected chi connectivity index (χ1v) is 28.5. The van der Waals surface area contributed by atoms with Gasteiger partial charge in [-0.25, -0.2) is 0 Å². The van der Waals surface area contributed by atoms with Gasteiger partial charge in [-0.2, -0.15) is 0 Å². The minimum atomic E-state index is -1.72. The van der Waals surface area contributed by atoms with Crippen molar-refractivity contribution in [3.63, 3.8) is 0 Å². The maximum absolute atomic E-state index is 13.5. The van der Waals surface area contributed by atoms with Gasteiger partial charge in [0.05, 0.1) is 164 Å². The van der Waals surface area contributed by atoms with Crippen LogP contribution in [-0.4, -0.2) is 289 Å². The lowest BCUT2D eigenvalue weighted by molar-refractivity contribution is -0.277. The van der Waals surface area contributed by atoms with Gasteiger partial charge in [0.15, 0.2) is 0 Å². The predicted octanol–water partition coefficient (Wildman–Crippen LogP) is -3.27. The number of carbonyl (C=O) groups excluding carboxylic acids is 6. The number of anilines is 1. The minimum Gasteiger partial charge on any atom is -0.460 e. The number of aliphatic hydroxyl groups is 4. The Morgan fingerprint density at radius 1 is 0.600 bits per heavy atom. The number of hydrogen-bond donors (Lipinski definition) is 9. The van der Waals surface area contributed by atoms with E-state index in [1.165, 1.54) is 18.2 Å². The normalized spacial score (nSPS) is 18.4.